The smallest absolute Gasteiger partial charge is 0.373 e. The molecule has 3 nitrogen and oxygen atoms in total. The first-order valence-electron chi connectivity index (χ1n) is 3.16. The molecule has 0 amide bonds. The van der Waals surface area contributed by atoms with Gasteiger partial charge in [0.1, 0.15) is 5.75 Å². The van der Waals surface area contributed by atoms with E-state index in [4.69, 9.17) is 37.9 Å². The fraction of sp³-hybridized carbons (Fsp3) is 0.125. The van der Waals surface area contributed by atoms with E-state index in [0.29, 0.717) is 10.0 Å². The number of hydrogen-bond acceptors (Lipinski definition) is 3. The normalized spacial score (nSPS) is 8.23. The molecule has 0 atom stereocenters. The molecule has 0 bridgehead atoms. The summed E-state index contributed by atoms with van der Waals surface area (Å²) in [5, 5.41) is 9.87. The Hall–Kier alpha value is -1.02. The monoisotopic (exact) mass is 220 g/mol. The maximum atomic E-state index is 9.01. The number of rotatable bonds is 0. The number of halogens is 2. The third-order valence-electron chi connectivity index (χ3n) is 1.23. The molecule has 0 aliphatic carbocycles. The molecular formula is C8H6Cl2O3. The standard InChI is InChI=1S/C7H6Cl2O.CO2/c1-4-2-6(9)7(10)3-5(4)8;2-1-3/h2-3,10H,1H3;. The van der Waals surface area contributed by atoms with Crippen LogP contribution in [0.3, 0.4) is 0 Å². The van der Waals surface area contributed by atoms with Crippen molar-refractivity contribution in [3.63, 3.8) is 0 Å². The lowest BCUT2D eigenvalue weighted by Gasteiger charge is -1.99. The number of benzene rings is 1. The van der Waals surface area contributed by atoms with Crippen molar-refractivity contribution >= 4 is 29.4 Å². The minimum atomic E-state index is 0.0252. The Morgan fingerprint density at radius 1 is 1.23 bits per heavy atom. The third kappa shape index (κ3) is 3.95. The molecule has 0 aromatic heterocycles. The van der Waals surface area contributed by atoms with Gasteiger partial charge in [0.25, 0.3) is 0 Å². The van der Waals surface area contributed by atoms with Crippen LogP contribution in [0, 0.1) is 6.92 Å². The van der Waals surface area contributed by atoms with Crippen molar-refractivity contribution in [2.45, 2.75) is 6.92 Å². The van der Waals surface area contributed by atoms with Crippen LogP contribution in [-0.2, 0) is 9.59 Å². The molecule has 13 heavy (non-hydrogen) atoms. The lowest BCUT2D eigenvalue weighted by molar-refractivity contribution is -0.191. The van der Waals surface area contributed by atoms with E-state index in [-0.39, 0.29) is 11.9 Å². The Balaban J connectivity index is 0.000000424. The fourth-order valence-corrected chi connectivity index (χ4v) is 1.01. The number of phenolic OH excluding ortho intramolecular Hbond substituents is 1. The zero-order valence-corrected chi connectivity index (χ0v) is 8.19. The second kappa shape index (κ2) is 5.60. The third-order valence-corrected chi connectivity index (χ3v) is 1.94. The Bertz CT molecular complexity index is 280. The molecule has 0 aliphatic heterocycles. The van der Waals surface area contributed by atoms with Crippen molar-refractivity contribution in [3.8, 4) is 5.75 Å². The largest absolute Gasteiger partial charge is 0.506 e. The molecule has 1 aromatic rings. The summed E-state index contributed by atoms with van der Waals surface area (Å²) >= 11 is 11.2. The van der Waals surface area contributed by atoms with Crippen molar-refractivity contribution < 1.29 is 14.7 Å². The molecule has 1 rings (SSSR count). The second-order valence-corrected chi connectivity index (χ2v) is 2.95. The van der Waals surface area contributed by atoms with Crippen LogP contribution in [0.2, 0.25) is 10.0 Å². The molecule has 0 aliphatic rings. The van der Waals surface area contributed by atoms with Gasteiger partial charge in [-0.3, -0.25) is 0 Å². The Kier molecular flexibility index (Phi) is 5.16. The molecule has 0 saturated carbocycles. The van der Waals surface area contributed by atoms with Crippen LogP contribution >= 0.6 is 23.2 Å². The van der Waals surface area contributed by atoms with Crippen LogP contribution in [0.5, 0.6) is 5.75 Å². The van der Waals surface area contributed by atoms with E-state index in [9.17, 15) is 0 Å². The fourth-order valence-electron chi connectivity index (χ4n) is 0.636. The SMILES string of the molecule is Cc1cc(Cl)c(O)cc1Cl.O=C=O. The van der Waals surface area contributed by atoms with Gasteiger partial charge >= 0.3 is 6.15 Å². The maximum Gasteiger partial charge on any atom is 0.373 e. The summed E-state index contributed by atoms with van der Waals surface area (Å²) in [5.41, 5.74) is 0.865. The van der Waals surface area contributed by atoms with Gasteiger partial charge in [0.15, 0.2) is 0 Å². The van der Waals surface area contributed by atoms with Gasteiger partial charge in [-0.25, -0.2) is 0 Å². The van der Waals surface area contributed by atoms with Gasteiger partial charge in [0, 0.05) is 11.1 Å². The predicted octanol–water partition coefficient (Wildman–Crippen LogP) is 2.42. The zero-order chi connectivity index (χ0) is 10.4. The Morgan fingerprint density at radius 3 is 2.08 bits per heavy atom. The van der Waals surface area contributed by atoms with E-state index in [0.717, 1.165) is 5.56 Å². The van der Waals surface area contributed by atoms with E-state index in [1.165, 1.54) is 6.07 Å². The number of aromatic hydroxyl groups is 1. The van der Waals surface area contributed by atoms with Crippen LogP contribution in [-0.4, -0.2) is 11.3 Å². The number of aryl methyl sites for hydroxylation is 1. The first-order valence-corrected chi connectivity index (χ1v) is 3.92. The van der Waals surface area contributed by atoms with Gasteiger partial charge < -0.3 is 5.11 Å². The van der Waals surface area contributed by atoms with Crippen LogP contribution in [0.4, 0.5) is 0 Å². The van der Waals surface area contributed by atoms with Gasteiger partial charge in [0.2, 0.25) is 0 Å². The minimum Gasteiger partial charge on any atom is -0.506 e. The van der Waals surface area contributed by atoms with Gasteiger partial charge in [-0.1, -0.05) is 23.2 Å². The van der Waals surface area contributed by atoms with Crippen molar-refractivity contribution in [1.82, 2.24) is 0 Å². The summed E-state index contributed by atoms with van der Waals surface area (Å²) < 4.78 is 0. The summed E-state index contributed by atoms with van der Waals surface area (Å²) in [6.45, 7) is 1.83. The Morgan fingerprint density at radius 2 is 1.69 bits per heavy atom. The molecule has 70 valence electrons. The molecule has 0 heterocycles. The van der Waals surface area contributed by atoms with Gasteiger partial charge in [-0.05, 0) is 18.6 Å². The molecule has 1 N–H and O–H groups in total. The summed E-state index contributed by atoms with van der Waals surface area (Å²) in [6.07, 6.45) is 0.250. The first-order chi connectivity index (χ1) is 6.02. The molecule has 0 spiro atoms. The van der Waals surface area contributed by atoms with Crippen molar-refractivity contribution in [2.24, 2.45) is 0 Å². The van der Waals surface area contributed by atoms with Crippen molar-refractivity contribution in [2.75, 3.05) is 0 Å². The molecule has 5 heteroatoms. The van der Waals surface area contributed by atoms with Gasteiger partial charge in [-0.15, -0.1) is 0 Å². The topological polar surface area (TPSA) is 54.4 Å². The van der Waals surface area contributed by atoms with Gasteiger partial charge in [0.05, 0.1) is 5.02 Å². The van der Waals surface area contributed by atoms with Crippen molar-refractivity contribution in [1.29, 1.82) is 0 Å². The molecule has 0 fully saturated rings. The summed E-state index contributed by atoms with van der Waals surface area (Å²) in [5.74, 6) is 0.0252. The summed E-state index contributed by atoms with van der Waals surface area (Å²) in [4.78, 5) is 16.2. The molecule has 0 unspecified atom stereocenters. The summed E-state index contributed by atoms with van der Waals surface area (Å²) in [6, 6.07) is 3.05. The average molecular weight is 221 g/mol. The lowest BCUT2D eigenvalue weighted by Crippen LogP contribution is -1.75. The van der Waals surface area contributed by atoms with Crippen molar-refractivity contribution in [3.05, 3.63) is 27.7 Å². The highest BCUT2D eigenvalue weighted by molar-refractivity contribution is 6.34. The van der Waals surface area contributed by atoms with Crippen LogP contribution in [0.1, 0.15) is 5.56 Å². The van der Waals surface area contributed by atoms with E-state index >= 15 is 0 Å². The average Bonchev–Trinajstić information content (AvgIpc) is 2.03. The van der Waals surface area contributed by atoms with Crippen LogP contribution in [0.15, 0.2) is 12.1 Å². The van der Waals surface area contributed by atoms with E-state index in [2.05, 4.69) is 0 Å². The molecule has 1 aromatic carbocycles. The molecule has 0 radical (unpaired) electrons. The predicted molar refractivity (Wildman–Crippen MR) is 47.9 cm³/mol. The lowest BCUT2D eigenvalue weighted by atomic mass is 10.2. The quantitative estimate of drug-likeness (QED) is 0.731. The highest BCUT2D eigenvalue weighted by Gasteiger charge is 2.01. The minimum absolute atomic E-state index is 0.0252. The Labute approximate surface area is 84.9 Å². The number of hydrogen-bond donors (Lipinski definition) is 1. The van der Waals surface area contributed by atoms with E-state index in [1.807, 2.05) is 6.92 Å². The second-order valence-electron chi connectivity index (χ2n) is 2.14. The number of phenols is 1. The van der Waals surface area contributed by atoms with E-state index in [1.54, 1.807) is 6.07 Å². The number of carbonyl (C=O) groups excluding carboxylic acids is 2. The first kappa shape index (κ1) is 12.0. The van der Waals surface area contributed by atoms with Crippen LogP contribution in [0.25, 0.3) is 0 Å². The zero-order valence-electron chi connectivity index (χ0n) is 6.67. The highest BCUT2D eigenvalue weighted by atomic mass is 35.5. The van der Waals surface area contributed by atoms with Crippen LogP contribution < -0.4 is 0 Å². The van der Waals surface area contributed by atoms with Gasteiger partial charge in [-0.2, -0.15) is 9.59 Å². The molecule has 0 saturated heterocycles. The highest BCUT2D eigenvalue weighted by Crippen LogP contribution is 2.28. The summed E-state index contributed by atoms with van der Waals surface area (Å²) in [7, 11) is 0. The van der Waals surface area contributed by atoms with E-state index < -0.39 is 0 Å². The maximum absolute atomic E-state index is 9.01. The molecular weight excluding hydrogens is 215 g/mol.